The molecule has 2 aliphatic carbocycles. The number of ether oxygens (including phenoxy) is 2. The van der Waals surface area contributed by atoms with Gasteiger partial charge in [-0.15, -0.1) is 0 Å². The van der Waals surface area contributed by atoms with Crippen molar-refractivity contribution < 1.29 is 34.1 Å². The van der Waals surface area contributed by atoms with Gasteiger partial charge in [-0.05, 0) is 86.0 Å². The first-order chi connectivity index (χ1) is 22.6. The van der Waals surface area contributed by atoms with E-state index in [4.69, 9.17) is 9.47 Å². The van der Waals surface area contributed by atoms with Crippen molar-refractivity contribution in [3.8, 4) is 0 Å². The van der Waals surface area contributed by atoms with Gasteiger partial charge in [0.25, 0.3) is 0 Å². The van der Waals surface area contributed by atoms with Gasteiger partial charge in [0.05, 0.1) is 22.7 Å². The molecule has 3 fully saturated rings. The van der Waals surface area contributed by atoms with Gasteiger partial charge in [0.15, 0.2) is 22.8 Å². The van der Waals surface area contributed by atoms with Crippen molar-refractivity contribution >= 4 is 17.3 Å². The van der Waals surface area contributed by atoms with Crippen molar-refractivity contribution in [2.24, 2.45) is 33.5 Å². The van der Waals surface area contributed by atoms with Crippen LogP contribution in [0.25, 0.3) is 0 Å². The molecule has 0 aromatic heterocycles. The molecule has 1 unspecified atom stereocenters. The van der Waals surface area contributed by atoms with Crippen molar-refractivity contribution in [2.45, 2.75) is 132 Å². The van der Waals surface area contributed by atoms with Gasteiger partial charge >= 0.3 is 0 Å². The molecule has 5 rings (SSSR count). The highest BCUT2D eigenvalue weighted by Crippen LogP contribution is 2.70. The summed E-state index contributed by atoms with van der Waals surface area (Å²) in [6.45, 7) is 21.3. The molecule has 2 heterocycles. The van der Waals surface area contributed by atoms with E-state index < -0.39 is 62.4 Å². The van der Waals surface area contributed by atoms with Crippen molar-refractivity contribution in [3.63, 3.8) is 0 Å². The van der Waals surface area contributed by atoms with E-state index in [2.05, 4.69) is 12.2 Å². The number of allylic oxidation sites excluding steroid dienone is 5. The van der Waals surface area contributed by atoms with E-state index in [1.54, 1.807) is 38.1 Å². The highest BCUT2D eigenvalue weighted by Gasteiger charge is 2.78. The van der Waals surface area contributed by atoms with Crippen LogP contribution in [0.4, 0.5) is 0 Å². The Hall–Kier alpha value is -2.87. The standard InChI is InChI=1S/C42H58O7/c1-25(2)17-18-28-22-41-23-32(38(7,8)47)48-35(41)29(21-31-37(5,6)30(24-43)39(9,10)49-31)34(45)42(36(41)46,40(28,11)20-19-26(3)4)33(44)27-15-13-12-14-16-27/h12-17,19,28,30-32,43,47H,18,20-24H2,1-11H3/t28-,30+,31+,32-,40+,41?,42-/m0/s1. The van der Waals surface area contributed by atoms with Crippen LogP contribution in [-0.2, 0) is 19.1 Å². The first kappa shape index (κ1) is 37.4. The van der Waals surface area contributed by atoms with Gasteiger partial charge < -0.3 is 19.7 Å². The van der Waals surface area contributed by atoms with Crippen molar-refractivity contribution in [3.05, 3.63) is 70.5 Å². The van der Waals surface area contributed by atoms with E-state index in [1.165, 1.54) is 0 Å². The lowest BCUT2D eigenvalue weighted by Gasteiger charge is -2.60. The third kappa shape index (κ3) is 5.63. The summed E-state index contributed by atoms with van der Waals surface area (Å²) in [5.41, 5.74) is -4.13. The number of ketones is 3. The molecular formula is C42H58O7. The highest BCUT2D eigenvalue weighted by molar-refractivity contribution is 6.36. The summed E-state index contributed by atoms with van der Waals surface area (Å²) in [4.78, 5) is 47.0. The Labute approximate surface area is 293 Å². The zero-order valence-corrected chi connectivity index (χ0v) is 31.5. The van der Waals surface area contributed by atoms with Crippen molar-refractivity contribution in [1.29, 1.82) is 0 Å². The molecule has 7 nitrogen and oxygen atoms in total. The van der Waals surface area contributed by atoms with Crippen LogP contribution in [0.2, 0.25) is 0 Å². The topological polar surface area (TPSA) is 110 Å². The molecule has 2 saturated heterocycles. The summed E-state index contributed by atoms with van der Waals surface area (Å²) < 4.78 is 13.3. The van der Waals surface area contributed by atoms with Crippen LogP contribution in [-0.4, -0.2) is 57.6 Å². The summed E-state index contributed by atoms with van der Waals surface area (Å²) in [7, 11) is 0. The Kier molecular flexibility index (Phi) is 9.47. The molecule has 7 atom stereocenters. The number of fused-ring (bicyclic) bond motifs is 1. The van der Waals surface area contributed by atoms with Crippen LogP contribution in [0.1, 0.15) is 119 Å². The number of hydrogen-bond donors (Lipinski definition) is 2. The molecule has 1 spiro atoms. The summed E-state index contributed by atoms with van der Waals surface area (Å²) in [6.07, 6.45) is 4.59. The number of Topliss-reactive ketones (excluding diaryl/α,β-unsaturated/α-hetero) is 3. The van der Waals surface area contributed by atoms with E-state index in [-0.39, 0.29) is 31.3 Å². The largest absolute Gasteiger partial charge is 0.490 e. The van der Waals surface area contributed by atoms with Crippen molar-refractivity contribution in [1.82, 2.24) is 0 Å². The van der Waals surface area contributed by atoms with E-state index in [1.807, 2.05) is 68.4 Å². The second kappa shape index (κ2) is 12.4. The second-order valence-electron chi connectivity index (χ2n) is 17.7. The maximum absolute atomic E-state index is 15.9. The van der Waals surface area contributed by atoms with Gasteiger partial charge in [0, 0.05) is 41.9 Å². The minimum atomic E-state index is -2.04. The molecule has 7 heteroatoms. The van der Waals surface area contributed by atoms with E-state index in [0.717, 1.165) is 11.1 Å². The van der Waals surface area contributed by atoms with Crippen LogP contribution < -0.4 is 0 Å². The van der Waals surface area contributed by atoms with Gasteiger partial charge in [-0.1, -0.05) is 74.4 Å². The van der Waals surface area contributed by atoms with Crippen LogP contribution >= 0.6 is 0 Å². The lowest BCUT2D eigenvalue weighted by molar-refractivity contribution is -0.164. The van der Waals surface area contributed by atoms with Gasteiger partial charge in [-0.2, -0.15) is 0 Å². The Balaban J connectivity index is 1.86. The fraction of sp³-hybridized carbons (Fsp3) is 0.643. The number of carbonyl (C=O) groups excluding carboxylic acids is 3. The van der Waals surface area contributed by atoms with Crippen LogP contribution in [0, 0.1) is 33.5 Å². The average Bonchev–Trinajstić information content (AvgIpc) is 3.47. The monoisotopic (exact) mass is 674 g/mol. The normalized spacial score (nSPS) is 34.7. The first-order valence-electron chi connectivity index (χ1n) is 18.0. The predicted octanol–water partition coefficient (Wildman–Crippen LogP) is 7.75. The first-order valence-corrected chi connectivity index (χ1v) is 18.0. The van der Waals surface area contributed by atoms with E-state index in [0.29, 0.717) is 36.2 Å². The maximum Gasteiger partial charge on any atom is 0.184 e. The average molecular weight is 675 g/mol. The highest BCUT2D eigenvalue weighted by atomic mass is 16.5. The van der Waals surface area contributed by atoms with Crippen LogP contribution in [0.3, 0.4) is 0 Å². The molecule has 268 valence electrons. The Morgan fingerprint density at radius 1 is 0.959 bits per heavy atom. The van der Waals surface area contributed by atoms with Gasteiger partial charge in [-0.3, -0.25) is 14.4 Å². The van der Waals surface area contributed by atoms with Crippen molar-refractivity contribution in [2.75, 3.05) is 6.61 Å². The molecule has 1 aromatic rings. The lowest BCUT2D eigenvalue weighted by Crippen LogP contribution is -2.70. The summed E-state index contributed by atoms with van der Waals surface area (Å²) in [6, 6.07) is 8.76. The number of carbonyl (C=O) groups is 3. The van der Waals surface area contributed by atoms with Crippen LogP contribution in [0.15, 0.2) is 65.0 Å². The van der Waals surface area contributed by atoms with E-state index in [9.17, 15) is 10.2 Å². The SMILES string of the molecule is CC(C)=CC[C@H]1CC23C[C@@H](C(C)(C)O)OC2=C(C[C@H]2OC(C)(C)[C@H](CO)C2(C)C)C(=O)[C@@](C(=O)c2ccccc2)(C3=O)[C@]1(C)CC=C(C)C. The predicted molar refractivity (Wildman–Crippen MR) is 191 cm³/mol. The molecule has 2 aliphatic heterocycles. The number of aliphatic hydroxyl groups excluding tert-OH is 1. The minimum Gasteiger partial charge on any atom is -0.490 e. The Morgan fingerprint density at radius 3 is 2.10 bits per heavy atom. The quantitative estimate of drug-likeness (QED) is 0.148. The molecule has 4 aliphatic rings. The Morgan fingerprint density at radius 2 is 1.57 bits per heavy atom. The molecule has 2 bridgehead atoms. The summed E-state index contributed by atoms with van der Waals surface area (Å²) in [5.74, 6) is -1.52. The van der Waals surface area contributed by atoms with Gasteiger partial charge in [0.2, 0.25) is 0 Å². The number of aliphatic hydroxyl groups is 2. The lowest BCUT2D eigenvalue weighted by atomic mass is 9.38. The molecule has 2 N–H and O–H groups in total. The fourth-order valence-corrected chi connectivity index (χ4v) is 9.77. The maximum atomic E-state index is 15.9. The zero-order valence-electron chi connectivity index (χ0n) is 31.5. The third-order valence-corrected chi connectivity index (χ3v) is 12.7. The fourth-order valence-electron chi connectivity index (χ4n) is 9.77. The number of hydrogen-bond acceptors (Lipinski definition) is 7. The molecule has 0 radical (unpaired) electrons. The number of rotatable bonds is 10. The minimum absolute atomic E-state index is 0.0840. The molecule has 1 aromatic carbocycles. The molecule has 1 saturated carbocycles. The second-order valence-corrected chi connectivity index (χ2v) is 17.7. The third-order valence-electron chi connectivity index (χ3n) is 12.7. The smallest absolute Gasteiger partial charge is 0.184 e. The van der Waals surface area contributed by atoms with Gasteiger partial charge in [-0.25, -0.2) is 0 Å². The Bertz CT molecular complexity index is 1600. The zero-order chi connectivity index (χ0) is 36.5. The molecular weight excluding hydrogens is 616 g/mol. The summed E-state index contributed by atoms with van der Waals surface area (Å²) >= 11 is 0. The molecule has 0 amide bonds. The van der Waals surface area contributed by atoms with Crippen LogP contribution in [0.5, 0.6) is 0 Å². The summed E-state index contributed by atoms with van der Waals surface area (Å²) in [5, 5.41) is 21.8. The van der Waals surface area contributed by atoms with Gasteiger partial charge in [0.1, 0.15) is 11.9 Å². The number of benzene rings is 1. The van der Waals surface area contributed by atoms with E-state index >= 15 is 14.4 Å². The molecule has 49 heavy (non-hydrogen) atoms.